The molecule has 0 radical (unpaired) electrons. The SMILES string of the molecule is COC(=O)c1ccnc(C(=N)COc2ccc(Cl)cc2)c1. The molecule has 1 heterocycles. The first-order valence-corrected chi connectivity index (χ1v) is 6.48. The van der Waals surface area contributed by atoms with E-state index in [1.54, 1.807) is 24.3 Å². The van der Waals surface area contributed by atoms with Gasteiger partial charge in [0, 0.05) is 11.2 Å². The predicted octanol–water partition coefficient (Wildman–Crippen LogP) is 2.97. The molecule has 0 unspecified atom stereocenters. The summed E-state index contributed by atoms with van der Waals surface area (Å²) in [6.07, 6.45) is 1.46. The van der Waals surface area contributed by atoms with Crippen LogP contribution >= 0.6 is 11.6 Å². The summed E-state index contributed by atoms with van der Waals surface area (Å²) in [7, 11) is 1.30. The molecule has 0 spiro atoms. The first-order chi connectivity index (χ1) is 10.1. The van der Waals surface area contributed by atoms with E-state index in [0.29, 0.717) is 22.0 Å². The third kappa shape index (κ3) is 4.03. The summed E-state index contributed by atoms with van der Waals surface area (Å²) in [4.78, 5) is 15.5. The molecular weight excluding hydrogens is 292 g/mol. The molecule has 0 bridgehead atoms. The molecule has 108 valence electrons. The Bertz CT molecular complexity index is 656. The van der Waals surface area contributed by atoms with Crippen molar-refractivity contribution in [3.8, 4) is 5.75 Å². The van der Waals surface area contributed by atoms with Gasteiger partial charge in [-0.3, -0.25) is 10.4 Å². The van der Waals surface area contributed by atoms with Crippen LogP contribution in [0.5, 0.6) is 5.75 Å². The first kappa shape index (κ1) is 15.0. The number of benzene rings is 1. The molecule has 0 saturated carbocycles. The average Bonchev–Trinajstić information content (AvgIpc) is 2.53. The number of pyridine rings is 1. The summed E-state index contributed by atoms with van der Waals surface area (Å²) < 4.78 is 10.1. The van der Waals surface area contributed by atoms with Crippen LogP contribution in [-0.2, 0) is 4.74 Å². The molecule has 0 aliphatic carbocycles. The lowest BCUT2D eigenvalue weighted by molar-refractivity contribution is 0.0600. The maximum atomic E-state index is 11.4. The summed E-state index contributed by atoms with van der Waals surface area (Å²) in [6.45, 7) is 0.0409. The lowest BCUT2D eigenvalue weighted by atomic mass is 10.2. The predicted molar refractivity (Wildman–Crippen MR) is 79.4 cm³/mol. The molecule has 1 N–H and O–H groups in total. The lowest BCUT2D eigenvalue weighted by Gasteiger charge is -2.08. The van der Waals surface area contributed by atoms with Crippen molar-refractivity contribution >= 4 is 23.3 Å². The zero-order chi connectivity index (χ0) is 15.2. The van der Waals surface area contributed by atoms with E-state index >= 15 is 0 Å². The third-order valence-corrected chi connectivity index (χ3v) is 2.94. The minimum Gasteiger partial charge on any atom is -0.487 e. The number of carbonyl (C=O) groups excluding carboxylic acids is 1. The van der Waals surface area contributed by atoms with E-state index in [-0.39, 0.29) is 12.3 Å². The second kappa shape index (κ2) is 6.85. The quantitative estimate of drug-likeness (QED) is 0.681. The zero-order valence-corrected chi connectivity index (χ0v) is 12.1. The van der Waals surface area contributed by atoms with Crippen molar-refractivity contribution in [3.63, 3.8) is 0 Å². The summed E-state index contributed by atoms with van der Waals surface area (Å²) in [5, 5.41) is 8.57. The van der Waals surface area contributed by atoms with Gasteiger partial charge in [-0.05, 0) is 36.4 Å². The number of hydrogen-bond donors (Lipinski definition) is 1. The fourth-order valence-electron chi connectivity index (χ4n) is 1.60. The van der Waals surface area contributed by atoms with E-state index < -0.39 is 5.97 Å². The van der Waals surface area contributed by atoms with Crippen LogP contribution < -0.4 is 4.74 Å². The standard InChI is InChI=1S/C15H13ClN2O3/c1-20-15(19)10-6-7-18-14(8-10)13(17)9-21-12-4-2-11(16)3-5-12/h2-8,17H,9H2,1H3. The Kier molecular flexibility index (Phi) is 4.90. The van der Waals surface area contributed by atoms with E-state index in [9.17, 15) is 4.79 Å². The van der Waals surface area contributed by atoms with E-state index in [0.717, 1.165) is 0 Å². The Hall–Kier alpha value is -2.40. The van der Waals surface area contributed by atoms with Crippen molar-refractivity contribution in [2.24, 2.45) is 0 Å². The minimum atomic E-state index is -0.468. The van der Waals surface area contributed by atoms with Crippen LogP contribution in [0.15, 0.2) is 42.6 Å². The first-order valence-electron chi connectivity index (χ1n) is 6.10. The van der Waals surface area contributed by atoms with Gasteiger partial charge in [0.15, 0.2) is 0 Å². The Morgan fingerprint density at radius 3 is 2.67 bits per heavy atom. The number of hydrogen-bond acceptors (Lipinski definition) is 5. The molecule has 5 nitrogen and oxygen atoms in total. The van der Waals surface area contributed by atoms with Gasteiger partial charge >= 0.3 is 5.97 Å². The van der Waals surface area contributed by atoms with Gasteiger partial charge in [0.25, 0.3) is 0 Å². The summed E-state index contributed by atoms with van der Waals surface area (Å²) >= 11 is 5.78. The monoisotopic (exact) mass is 304 g/mol. The van der Waals surface area contributed by atoms with E-state index in [2.05, 4.69) is 9.72 Å². The van der Waals surface area contributed by atoms with Crippen LogP contribution in [0.25, 0.3) is 0 Å². The highest BCUT2D eigenvalue weighted by molar-refractivity contribution is 6.30. The number of aromatic nitrogens is 1. The highest BCUT2D eigenvalue weighted by Crippen LogP contribution is 2.15. The number of nitrogens with one attached hydrogen (secondary N) is 1. The molecule has 0 saturated heterocycles. The number of carbonyl (C=O) groups is 1. The molecule has 2 aromatic rings. The number of methoxy groups -OCH3 is 1. The Morgan fingerprint density at radius 2 is 2.00 bits per heavy atom. The Balaban J connectivity index is 2.03. The van der Waals surface area contributed by atoms with Crippen LogP contribution in [0.4, 0.5) is 0 Å². The van der Waals surface area contributed by atoms with Crippen molar-refractivity contribution in [3.05, 3.63) is 58.9 Å². The fraction of sp³-hybridized carbons (Fsp3) is 0.133. The number of nitrogens with zero attached hydrogens (tertiary/aromatic N) is 1. The maximum Gasteiger partial charge on any atom is 0.337 e. The van der Waals surface area contributed by atoms with Crippen LogP contribution in [0.2, 0.25) is 5.02 Å². The van der Waals surface area contributed by atoms with Crippen molar-refractivity contribution in [1.82, 2.24) is 4.98 Å². The third-order valence-electron chi connectivity index (χ3n) is 2.69. The molecule has 0 aliphatic rings. The molecule has 0 fully saturated rings. The second-order valence-electron chi connectivity index (χ2n) is 4.14. The van der Waals surface area contributed by atoms with Crippen LogP contribution in [0.1, 0.15) is 16.1 Å². The topological polar surface area (TPSA) is 72.3 Å². The van der Waals surface area contributed by atoms with Crippen LogP contribution in [0, 0.1) is 5.41 Å². The number of rotatable bonds is 5. The van der Waals surface area contributed by atoms with Gasteiger partial charge in [-0.25, -0.2) is 4.79 Å². The lowest BCUT2D eigenvalue weighted by Crippen LogP contribution is -2.14. The van der Waals surface area contributed by atoms with Gasteiger partial charge < -0.3 is 9.47 Å². The average molecular weight is 305 g/mol. The highest BCUT2D eigenvalue weighted by Gasteiger charge is 2.10. The maximum absolute atomic E-state index is 11.4. The molecule has 1 aromatic carbocycles. The van der Waals surface area contributed by atoms with Crippen LogP contribution in [-0.4, -0.2) is 30.4 Å². The number of esters is 1. The largest absolute Gasteiger partial charge is 0.487 e. The molecule has 0 aliphatic heterocycles. The zero-order valence-electron chi connectivity index (χ0n) is 11.3. The second-order valence-corrected chi connectivity index (χ2v) is 4.58. The van der Waals surface area contributed by atoms with Gasteiger partial charge in [-0.2, -0.15) is 0 Å². The van der Waals surface area contributed by atoms with Crippen molar-refractivity contribution < 1.29 is 14.3 Å². The molecular formula is C15H13ClN2O3. The Labute approximate surface area is 127 Å². The minimum absolute atomic E-state index is 0.0409. The van der Waals surface area contributed by atoms with Crippen molar-refractivity contribution in [2.75, 3.05) is 13.7 Å². The number of ether oxygens (including phenoxy) is 2. The summed E-state index contributed by atoms with van der Waals surface area (Å²) in [6, 6.07) is 9.87. The van der Waals surface area contributed by atoms with Crippen molar-refractivity contribution in [1.29, 1.82) is 5.41 Å². The summed E-state index contributed by atoms with van der Waals surface area (Å²) in [5.41, 5.74) is 0.876. The van der Waals surface area contributed by atoms with Gasteiger partial charge in [0.1, 0.15) is 12.4 Å². The van der Waals surface area contributed by atoms with Gasteiger partial charge in [-0.1, -0.05) is 11.6 Å². The molecule has 6 heteroatoms. The molecule has 21 heavy (non-hydrogen) atoms. The van der Waals surface area contributed by atoms with Gasteiger partial charge in [-0.15, -0.1) is 0 Å². The molecule has 0 atom stereocenters. The molecule has 2 rings (SSSR count). The molecule has 0 amide bonds. The van der Waals surface area contributed by atoms with E-state index in [1.165, 1.54) is 25.4 Å². The summed E-state index contributed by atoms with van der Waals surface area (Å²) in [5.74, 6) is 0.137. The normalized spacial score (nSPS) is 10.0. The van der Waals surface area contributed by atoms with Gasteiger partial charge in [0.2, 0.25) is 0 Å². The van der Waals surface area contributed by atoms with E-state index in [4.69, 9.17) is 21.7 Å². The smallest absolute Gasteiger partial charge is 0.337 e. The Morgan fingerprint density at radius 1 is 1.29 bits per heavy atom. The van der Waals surface area contributed by atoms with Crippen molar-refractivity contribution in [2.45, 2.75) is 0 Å². The highest BCUT2D eigenvalue weighted by atomic mass is 35.5. The molecule has 1 aromatic heterocycles. The number of halogens is 1. The van der Waals surface area contributed by atoms with Crippen LogP contribution in [0.3, 0.4) is 0 Å². The van der Waals surface area contributed by atoms with E-state index in [1.807, 2.05) is 0 Å². The van der Waals surface area contributed by atoms with Gasteiger partial charge in [0.05, 0.1) is 24.1 Å². The fourth-order valence-corrected chi connectivity index (χ4v) is 1.73.